The van der Waals surface area contributed by atoms with Gasteiger partial charge < -0.3 is 14.2 Å². The van der Waals surface area contributed by atoms with Gasteiger partial charge in [0.15, 0.2) is 6.29 Å². The number of esters is 1. The molecule has 0 N–H and O–H groups in total. The predicted octanol–water partition coefficient (Wildman–Crippen LogP) is 2.71. The van der Waals surface area contributed by atoms with E-state index in [2.05, 4.69) is 4.74 Å². The van der Waals surface area contributed by atoms with Crippen LogP contribution in [0.4, 0.5) is 0 Å². The average Bonchev–Trinajstić information content (AvgIpc) is 2.45. The monoisotopic (exact) mass is 288 g/mol. The molecule has 1 unspecified atom stereocenters. The number of hydrogen-bond acceptors (Lipinski definition) is 5. The van der Waals surface area contributed by atoms with Crippen LogP contribution >= 0.6 is 0 Å². The number of ketones is 1. The average molecular weight is 288 g/mol. The lowest BCUT2D eigenvalue weighted by molar-refractivity contribution is -0.140. The Morgan fingerprint density at radius 1 is 0.950 bits per heavy atom. The van der Waals surface area contributed by atoms with E-state index in [0.29, 0.717) is 12.8 Å². The largest absolute Gasteiger partial charge is 0.469 e. The van der Waals surface area contributed by atoms with Crippen LogP contribution in [0, 0.1) is 5.92 Å². The molecule has 0 fully saturated rings. The molecule has 0 saturated heterocycles. The number of methoxy groups -OCH3 is 3. The summed E-state index contributed by atoms with van der Waals surface area (Å²) in [7, 11) is 4.57. The number of Topliss-reactive ketones (excluding diaryl/α,β-unsaturated/α-hetero) is 1. The first kappa shape index (κ1) is 19.1. The molecule has 0 aliphatic rings. The van der Waals surface area contributed by atoms with Gasteiger partial charge in [-0.1, -0.05) is 19.3 Å². The van der Waals surface area contributed by atoms with Gasteiger partial charge in [0.05, 0.1) is 7.11 Å². The van der Waals surface area contributed by atoms with Gasteiger partial charge in [-0.25, -0.2) is 0 Å². The van der Waals surface area contributed by atoms with Crippen molar-refractivity contribution >= 4 is 11.8 Å². The van der Waals surface area contributed by atoms with Crippen molar-refractivity contribution in [3.05, 3.63) is 0 Å². The van der Waals surface area contributed by atoms with E-state index in [1.54, 1.807) is 21.1 Å². The first-order chi connectivity index (χ1) is 9.54. The van der Waals surface area contributed by atoms with Crippen molar-refractivity contribution < 1.29 is 23.8 Å². The molecule has 1 atom stereocenters. The summed E-state index contributed by atoms with van der Waals surface area (Å²) >= 11 is 0. The van der Waals surface area contributed by atoms with E-state index in [1.165, 1.54) is 7.11 Å². The summed E-state index contributed by atoms with van der Waals surface area (Å²) in [4.78, 5) is 22.5. The van der Waals surface area contributed by atoms with E-state index in [-0.39, 0.29) is 24.0 Å². The molecule has 0 saturated carbocycles. The summed E-state index contributed by atoms with van der Waals surface area (Å²) in [6, 6.07) is 0. The van der Waals surface area contributed by atoms with Gasteiger partial charge in [-0.05, 0) is 19.8 Å². The van der Waals surface area contributed by atoms with Gasteiger partial charge in [0.2, 0.25) is 0 Å². The Morgan fingerprint density at radius 3 is 2.05 bits per heavy atom. The van der Waals surface area contributed by atoms with E-state index < -0.39 is 0 Å². The highest BCUT2D eigenvalue weighted by atomic mass is 16.7. The molecule has 0 aliphatic carbocycles. The molecule has 0 rings (SSSR count). The SMILES string of the molecule is COC(=O)CCCCCCC(CC(OC)OC)C(C)=O. The molecule has 118 valence electrons. The van der Waals surface area contributed by atoms with Crippen molar-refractivity contribution in [3.8, 4) is 0 Å². The second kappa shape index (κ2) is 11.9. The highest BCUT2D eigenvalue weighted by Crippen LogP contribution is 2.19. The predicted molar refractivity (Wildman–Crippen MR) is 76.3 cm³/mol. The summed E-state index contributed by atoms with van der Waals surface area (Å²) in [6.07, 6.45) is 5.43. The number of unbranched alkanes of at least 4 members (excludes halogenated alkanes) is 3. The zero-order valence-corrected chi connectivity index (χ0v) is 13.1. The van der Waals surface area contributed by atoms with E-state index in [0.717, 1.165) is 32.1 Å². The lowest BCUT2D eigenvalue weighted by atomic mass is 9.93. The van der Waals surface area contributed by atoms with Crippen molar-refractivity contribution in [1.29, 1.82) is 0 Å². The van der Waals surface area contributed by atoms with Gasteiger partial charge in [-0.3, -0.25) is 9.59 Å². The third-order valence-corrected chi connectivity index (χ3v) is 3.49. The summed E-state index contributed by atoms with van der Waals surface area (Å²) < 4.78 is 14.9. The van der Waals surface area contributed by atoms with Crippen molar-refractivity contribution in [1.82, 2.24) is 0 Å². The first-order valence-corrected chi connectivity index (χ1v) is 7.18. The highest BCUT2D eigenvalue weighted by Gasteiger charge is 2.19. The van der Waals surface area contributed by atoms with Crippen molar-refractivity contribution in [2.45, 2.75) is 58.2 Å². The fraction of sp³-hybridized carbons (Fsp3) is 0.867. The lowest BCUT2D eigenvalue weighted by Crippen LogP contribution is -2.22. The fourth-order valence-electron chi connectivity index (χ4n) is 2.12. The summed E-state index contributed by atoms with van der Waals surface area (Å²) in [5.41, 5.74) is 0. The Morgan fingerprint density at radius 2 is 1.55 bits per heavy atom. The second-order valence-electron chi connectivity index (χ2n) is 4.97. The molecular formula is C15H28O5. The van der Waals surface area contributed by atoms with E-state index in [4.69, 9.17) is 9.47 Å². The van der Waals surface area contributed by atoms with Crippen LogP contribution in [0.3, 0.4) is 0 Å². The number of hydrogen-bond donors (Lipinski definition) is 0. The van der Waals surface area contributed by atoms with Crippen LogP contribution in [-0.4, -0.2) is 39.4 Å². The van der Waals surface area contributed by atoms with E-state index in [9.17, 15) is 9.59 Å². The molecular weight excluding hydrogens is 260 g/mol. The third-order valence-electron chi connectivity index (χ3n) is 3.49. The molecule has 5 nitrogen and oxygen atoms in total. The van der Waals surface area contributed by atoms with Crippen molar-refractivity contribution in [3.63, 3.8) is 0 Å². The smallest absolute Gasteiger partial charge is 0.305 e. The Labute approximate surface area is 122 Å². The molecule has 0 aromatic rings. The van der Waals surface area contributed by atoms with E-state index >= 15 is 0 Å². The quantitative estimate of drug-likeness (QED) is 0.314. The van der Waals surface area contributed by atoms with Crippen LogP contribution in [-0.2, 0) is 23.8 Å². The Balaban J connectivity index is 3.81. The van der Waals surface area contributed by atoms with Crippen LogP contribution in [0.25, 0.3) is 0 Å². The van der Waals surface area contributed by atoms with Gasteiger partial charge in [0.1, 0.15) is 5.78 Å². The van der Waals surface area contributed by atoms with Crippen LogP contribution in [0.2, 0.25) is 0 Å². The van der Waals surface area contributed by atoms with Gasteiger partial charge in [0, 0.05) is 33.0 Å². The maximum atomic E-state index is 11.6. The minimum absolute atomic E-state index is 0.0134. The molecule has 5 heteroatoms. The van der Waals surface area contributed by atoms with Crippen LogP contribution in [0.15, 0.2) is 0 Å². The Bertz CT molecular complexity index is 273. The number of rotatable bonds is 12. The molecule has 0 bridgehead atoms. The molecule has 0 spiro atoms. The number of carbonyl (C=O) groups excluding carboxylic acids is 2. The molecule has 0 aromatic carbocycles. The third kappa shape index (κ3) is 9.04. The zero-order valence-electron chi connectivity index (χ0n) is 13.1. The molecule has 0 aromatic heterocycles. The molecule has 0 aliphatic heterocycles. The maximum absolute atomic E-state index is 11.6. The fourth-order valence-corrected chi connectivity index (χ4v) is 2.12. The standard InChI is InChI=1S/C15H28O5/c1-12(16)13(11-15(19-3)20-4)9-7-5-6-8-10-14(17)18-2/h13,15H,5-11H2,1-4H3. The van der Waals surface area contributed by atoms with Crippen molar-refractivity contribution in [2.75, 3.05) is 21.3 Å². The van der Waals surface area contributed by atoms with E-state index in [1.807, 2.05) is 0 Å². The first-order valence-electron chi connectivity index (χ1n) is 7.18. The molecule has 0 radical (unpaired) electrons. The van der Waals surface area contributed by atoms with Crippen LogP contribution in [0.1, 0.15) is 51.9 Å². The lowest BCUT2D eigenvalue weighted by Gasteiger charge is -2.19. The molecule has 0 heterocycles. The van der Waals surface area contributed by atoms with Gasteiger partial charge in [0.25, 0.3) is 0 Å². The molecule has 20 heavy (non-hydrogen) atoms. The zero-order chi connectivity index (χ0) is 15.4. The maximum Gasteiger partial charge on any atom is 0.305 e. The Hall–Kier alpha value is -0.940. The minimum atomic E-state index is -0.316. The summed E-state index contributed by atoms with van der Waals surface area (Å²) in [6.45, 7) is 1.62. The second-order valence-corrected chi connectivity index (χ2v) is 4.97. The van der Waals surface area contributed by atoms with Crippen molar-refractivity contribution in [2.24, 2.45) is 5.92 Å². The number of ether oxygens (including phenoxy) is 3. The molecule has 0 amide bonds. The Kier molecular flexibility index (Phi) is 11.3. The van der Waals surface area contributed by atoms with Gasteiger partial charge in [-0.2, -0.15) is 0 Å². The summed E-state index contributed by atoms with van der Waals surface area (Å²) in [5, 5.41) is 0. The topological polar surface area (TPSA) is 61.8 Å². The normalized spacial score (nSPS) is 12.4. The summed E-state index contributed by atoms with van der Waals surface area (Å²) in [5.74, 6) is 0.00816. The van der Waals surface area contributed by atoms with Gasteiger partial charge in [-0.15, -0.1) is 0 Å². The minimum Gasteiger partial charge on any atom is -0.469 e. The highest BCUT2D eigenvalue weighted by molar-refractivity contribution is 5.78. The number of carbonyl (C=O) groups is 2. The van der Waals surface area contributed by atoms with Crippen LogP contribution < -0.4 is 0 Å². The van der Waals surface area contributed by atoms with Gasteiger partial charge >= 0.3 is 5.97 Å². The van der Waals surface area contributed by atoms with Crippen LogP contribution in [0.5, 0.6) is 0 Å².